The van der Waals surface area contributed by atoms with Crippen molar-refractivity contribution in [2.75, 3.05) is 6.61 Å². The summed E-state index contributed by atoms with van der Waals surface area (Å²) in [5, 5.41) is 17.0. The highest BCUT2D eigenvalue weighted by molar-refractivity contribution is 5.70. The van der Waals surface area contributed by atoms with E-state index in [1.165, 1.54) is 0 Å². The zero-order valence-corrected chi connectivity index (χ0v) is 15.4. The first kappa shape index (κ1) is 23.9. The predicted octanol–water partition coefficient (Wildman–Crippen LogP) is 2.92. The molecule has 150 valence electrons. The molecule has 8 heteroatoms. The third-order valence-electron chi connectivity index (χ3n) is 3.64. The van der Waals surface area contributed by atoms with Crippen LogP contribution in [0.3, 0.4) is 0 Å². The number of carboxylic acid groups (broad SMARTS) is 2. The maximum atomic E-state index is 11.6. The second-order valence-corrected chi connectivity index (χ2v) is 6.22. The van der Waals surface area contributed by atoms with Gasteiger partial charge in [-0.15, -0.1) is 0 Å². The molecule has 0 rings (SSSR count). The van der Waals surface area contributed by atoms with Crippen LogP contribution < -0.4 is 0 Å². The fourth-order valence-corrected chi connectivity index (χ4v) is 2.23. The quantitative estimate of drug-likeness (QED) is 0.312. The summed E-state index contributed by atoms with van der Waals surface area (Å²) in [7, 11) is 0. The molecule has 0 saturated heterocycles. The molecule has 0 aliphatic rings. The lowest BCUT2D eigenvalue weighted by Crippen LogP contribution is -2.15. The van der Waals surface area contributed by atoms with Gasteiger partial charge in [-0.2, -0.15) is 0 Å². The Kier molecular flexibility index (Phi) is 13.9. The summed E-state index contributed by atoms with van der Waals surface area (Å²) < 4.78 is 10.3. The number of carboxylic acids is 2. The van der Waals surface area contributed by atoms with Gasteiger partial charge in [-0.05, 0) is 51.9 Å². The second kappa shape index (κ2) is 15.2. The molecule has 8 nitrogen and oxygen atoms in total. The number of carbonyl (C=O) groups excluding carboxylic acids is 2. The van der Waals surface area contributed by atoms with Crippen molar-refractivity contribution in [2.24, 2.45) is 0 Å². The number of unbranched alkanes of at least 4 members (excludes halogenated alkanes) is 3. The maximum Gasteiger partial charge on any atom is 0.306 e. The van der Waals surface area contributed by atoms with Crippen molar-refractivity contribution in [3.05, 3.63) is 0 Å². The molecule has 0 aliphatic carbocycles. The molecule has 1 atom stereocenters. The van der Waals surface area contributed by atoms with E-state index in [9.17, 15) is 19.2 Å². The first-order valence-electron chi connectivity index (χ1n) is 9.10. The Morgan fingerprint density at radius 1 is 0.731 bits per heavy atom. The van der Waals surface area contributed by atoms with Crippen LogP contribution in [-0.2, 0) is 28.7 Å². The molecule has 0 aromatic carbocycles. The van der Waals surface area contributed by atoms with Gasteiger partial charge in [0.1, 0.15) is 0 Å². The standard InChI is InChI=1S/C18H30O8/c1-14(26-18(24)12-5-3-10-16(21)22)8-6-7-13-25-17(23)11-4-2-9-15(19)20/h14H,2-13H2,1H3,(H,19,20)(H,21,22). The van der Waals surface area contributed by atoms with Gasteiger partial charge in [0, 0.05) is 25.7 Å². The number of esters is 2. The lowest BCUT2D eigenvalue weighted by atomic mass is 10.1. The molecule has 0 bridgehead atoms. The number of hydrogen-bond donors (Lipinski definition) is 2. The van der Waals surface area contributed by atoms with Crippen molar-refractivity contribution in [1.82, 2.24) is 0 Å². The van der Waals surface area contributed by atoms with E-state index in [1.807, 2.05) is 0 Å². The van der Waals surface area contributed by atoms with Crippen LogP contribution in [-0.4, -0.2) is 46.8 Å². The molecule has 0 spiro atoms. The lowest BCUT2D eigenvalue weighted by molar-refractivity contribution is -0.149. The maximum absolute atomic E-state index is 11.6. The van der Waals surface area contributed by atoms with Crippen LogP contribution in [0, 0.1) is 0 Å². The molecule has 0 radical (unpaired) electrons. The average Bonchev–Trinajstić information content (AvgIpc) is 2.55. The molecule has 0 amide bonds. The average molecular weight is 374 g/mol. The Bertz CT molecular complexity index is 446. The highest BCUT2D eigenvalue weighted by Gasteiger charge is 2.10. The van der Waals surface area contributed by atoms with Crippen LogP contribution in [0.4, 0.5) is 0 Å². The van der Waals surface area contributed by atoms with Crippen molar-refractivity contribution >= 4 is 23.9 Å². The number of ether oxygens (including phenoxy) is 2. The van der Waals surface area contributed by atoms with Gasteiger partial charge in [-0.3, -0.25) is 19.2 Å². The molecule has 0 aromatic rings. The van der Waals surface area contributed by atoms with E-state index in [0.717, 1.165) is 6.42 Å². The zero-order valence-electron chi connectivity index (χ0n) is 15.4. The summed E-state index contributed by atoms with van der Waals surface area (Å²) in [6.07, 6.45) is 4.34. The van der Waals surface area contributed by atoms with Crippen LogP contribution in [0.2, 0.25) is 0 Å². The van der Waals surface area contributed by atoms with E-state index >= 15 is 0 Å². The molecule has 0 saturated carbocycles. The smallest absolute Gasteiger partial charge is 0.306 e. The Labute approximate surface area is 153 Å². The highest BCUT2D eigenvalue weighted by atomic mass is 16.5. The van der Waals surface area contributed by atoms with E-state index in [2.05, 4.69) is 0 Å². The third kappa shape index (κ3) is 16.7. The van der Waals surface area contributed by atoms with Gasteiger partial charge in [0.25, 0.3) is 0 Å². The third-order valence-corrected chi connectivity index (χ3v) is 3.64. The minimum atomic E-state index is -0.868. The van der Waals surface area contributed by atoms with Crippen molar-refractivity contribution in [2.45, 2.75) is 83.7 Å². The van der Waals surface area contributed by atoms with Gasteiger partial charge >= 0.3 is 23.9 Å². The fraction of sp³-hybridized carbons (Fsp3) is 0.778. The minimum absolute atomic E-state index is 0.0567. The van der Waals surface area contributed by atoms with Crippen LogP contribution in [0.1, 0.15) is 77.6 Å². The van der Waals surface area contributed by atoms with Crippen molar-refractivity contribution in [3.8, 4) is 0 Å². The Hall–Kier alpha value is -2.12. The number of carbonyl (C=O) groups is 4. The largest absolute Gasteiger partial charge is 0.481 e. The second-order valence-electron chi connectivity index (χ2n) is 6.22. The van der Waals surface area contributed by atoms with Crippen molar-refractivity contribution in [3.63, 3.8) is 0 Å². The summed E-state index contributed by atoms with van der Waals surface area (Å²) in [6.45, 7) is 2.09. The molecular weight excluding hydrogens is 344 g/mol. The normalized spacial score (nSPS) is 11.6. The van der Waals surface area contributed by atoms with E-state index in [4.69, 9.17) is 19.7 Å². The SMILES string of the molecule is CC(CCCCOC(=O)CCCCC(=O)O)OC(=O)CCCCC(=O)O. The Morgan fingerprint density at radius 2 is 1.23 bits per heavy atom. The zero-order chi connectivity index (χ0) is 19.8. The summed E-state index contributed by atoms with van der Waals surface area (Å²) in [5.41, 5.74) is 0. The minimum Gasteiger partial charge on any atom is -0.481 e. The van der Waals surface area contributed by atoms with Gasteiger partial charge < -0.3 is 19.7 Å². The van der Waals surface area contributed by atoms with E-state index in [1.54, 1.807) is 6.92 Å². The van der Waals surface area contributed by atoms with Gasteiger partial charge in [0.15, 0.2) is 0 Å². The monoisotopic (exact) mass is 374 g/mol. The first-order chi connectivity index (χ1) is 12.3. The van der Waals surface area contributed by atoms with Gasteiger partial charge in [-0.25, -0.2) is 0 Å². The summed E-state index contributed by atoms with van der Waals surface area (Å²) in [5.74, 6) is -2.38. The van der Waals surface area contributed by atoms with Gasteiger partial charge in [0.2, 0.25) is 0 Å². The summed E-state index contributed by atoms with van der Waals surface area (Å²) >= 11 is 0. The predicted molar refractivity (Wildman–Crippen MR) is 92.6 cm³/mol. The fourth-order valence-electron chi connectivity index (χ4n) is 2.23. The van der Waals surface area contributed by atoms with Crippen molar-refractivity contribution in [1.29, 1.82) is 0 Å². The van der Waals surface area contributed by atoms with Crippen LogP contribution in [0.5, 0.6) is 0 Å². The summed E-state index contributed by atoms with van der Waals surface area (Å²) in [4.78, 5) is 43.7. The molecule has 0 aliphatic heterocycles. The molecular formula is C18H30O8. The Balaban J connectivity index is 3.53. The Morgan fingerprint density at radius 3 is 1.77 bits per heavy atom. The number of rotatable bonds is 16. The van der Waals surface area contributed by atoms with Gasteiger partial charge in [-0.1, -0.05) is 0 Å². The van der Waals surface area contributed by atoms with E-state index in [-0.39, 0.29) is 43.7 Å². The molecule has 0 fully saturated rings. The molecule has 2 N–H and O–H groups in total. The lowest BCUT2D eigenvalue weighted by Gasteiger charge is -2.13. The topological polar surface area (TPSA) is 127 Å². The van der Waals surface area contributed by atoms with E-state index in [0.29, 0.717) is 45.1 Å². The van der Waals surface area contributed by atoms with E-state index < -0.39 is 11.9 Å². The number of hydrogen-bond acceptors (Lipinski definition) is 6. The molecule has 26 heavy (non-hydrogen) atoms. The van der Waals surface area contributed by atoms with Crippen LogP contribution >= 0.6 is 0 Å². The van der Waals surface area contributed by atoms with Gasteiger partial charge in [0.05, 0.1) is 12.7 Å². The number of aliphatic carboxylic acids is 2. The molecule has 1 unspecified atom stereocenters. The van der Waals surface area contributed by atoms with Crippen LogP contribution in [0.25, 0.3) is 0 Å². The first-order valence-corrected chi connectivity index (χ1v) is 9.10. The van der Waals surface area contributed by atoms with Crippen LogP contribution in [0.15, 0.2) is 0 Å². The highest BCUT2D eigenvalue weighted by Crippen LogP contribution is 2.09. The summed E-state index contributed by atoms with van der Waals surface area (Å²) in [6, 6.07) is 0. The molecule has 0 heterocycles. The van der Waals surface area contributed by atoms with Crippen molar-refractivity contribution < 1.29 is 38.9 Å². The molecule has 0 aromatic heterocycles.